The molecule has 0 N–H and O–H groups in total. The highest BCUT2D eigenvalue weighted by molar-refractivity contribution is 5.72. The van der Waals surface area contributed by atoms with Gasteiger partial charge in [0.05, 0.1) is 12.0 Å². The molecular formula is C13H24O3. The van der Waals surface area contributed by atoms with E-state index < -0.39 is 0 Å². The maximum absolute atomic E-state index is 11.7. The topological polar surface area (TPSA) is 35.5 Å². The summed E-state index contributed by atoms with van der Waals surface area (Å²) in [6.45, 7) is 5.97. The van der Waals surface area contributed by atoms with Crippen molar-refractivity contribution in [3.63, 3.8) is 0 Å². The lowest BCUT2D eigenvalue weighted by molar-refractivity contribution is -0.168. The van der Waals surface area contributed by atoms with Crippen LogP contribution >= 0.6 is 0 Å². The van der Waals surface area contributed by atoms with E-state index in [4.69, 9.17) is 9.47 Å². The monoisotopic (exact) mass is 228 g/mol. The van der Waals surface area contributed by atoms with Gasteiger partial charge in [0.15, 0.2) is 0 Å². The molecule has 0 aromatic rings. The fourth-order valence-corrected chi connectivity index (χ4v) is 2.05. The van der Waals surface area contributed by atoms with E-state index in [9.17, 15) is 4.79 Å². The number of methoxy groups -OCH3 is 1. The maximum Gasteiger partial charge on any atom is 0.309 e. The van der Waals surface area contributed by atoms with E-state index in [-0.39, 0.29) is 17.5 Å². The SMILES string of the molecule is CCC(C)C(=O)OC1(C)CCC(OC)CC1. The number of rotatable bonds is 4. The minimum Gasteiger partial charge on any atom is -0.459 e. The molecule has 0 aliphatic heterocycles. The first-order valence-corrected chi connectivity index (χ1v) is 6.26. The first-order valence-electron chi connectivity index (χ1n) is 6.26. The van der Waals surface area contributed by atoms with Crippen LogP contribution in [0, 0.1) is 5.92 Å². The maximum atomic E-state index is 11.7. The molecule has 0 saturated heterocycles. The number of carbonyl (C=O) groups excluding carboxylic acids is 1. The van der Waals surface area contributed by atoms with Gasteiger partial charge in [-0.1, -0.05) is 13.8 Å². The van der Waals surface area contributed by atoms with Crippen molar-refractivity contribution >= 4 is 5.97 Å². The number of ether oxygens (including phenoxy) is 2. The Labute approximate surface area is 98.5 Å². The molecule has 16 heavy (non-hydrogen) atoms. The van der Waals surface area contributed by atoms with Crippen LogP contribution in [0.3, 0.4) is 0 Å². The first-order chi connectivity index (χ1) is 7.50. The lowest BCUT2D eigenvalue weighted by Gasteiger charge is -2.36. The van der Waals surface area contributed by atoms with Crippen molar-refractivity contribution in [1.29, 1.82) is 0 Å². The molecule has 3 heteroatoms. The standard InChI is InChI=1S/C13H24O3/c1-5-10(2)12(14)16-13(3)8-6-11(15-4)7-9-13/h10-11H,5-9H2,1-4H3. The van der Waals surface area contributed by atoms with Gasteiger partial charge in [0.25, 0.3) is 0 Å². The van der Waals surface area contributed by atoms with Crippen LogP contribution < -0.4 is 0 Å². The summed E-state index contributed by atoms with van der Waals surface area (Å²) in [6, 6.07) is 0. The van der Waals surface area contributed by atoms with Crippen LogP contribution in [0.2, 0.25) is 0 Å². The van der Waals surface area contributed by atoms with Crippen molar-refractivity contribution in [2.75, 3.05) is 7.11 Å². The molecule has 0 spiro atoms. The summed E-state index contributed by atoms with van der Waals surface area (Å²) >= 11 is 0. The summed E-state index contributed by atoms with van der Waals surface area (Å²) in [5.41, 5.74) is -0.268. The molecule has 1 aliphatic rings. The smallest absolute Gasteiger partial charge is 0.309 e. The third kappa shape index (κ3) is 3.48. The largest absolute Gasteiger partial charge is 0.459 e. The predicted molar refractivity (Wildman–Crippen MR) is 63.2 cm³/mol. The Morgan fingerprint density at radius 3 is 2.44 bits per heavy atom. The highest BCUT2D eigenvalue weighted by atomic mass is 16.6. The highest BCUT2D eigenvalue weighted by Crippen LogP contribution is 2.33. The number of hydrogen-bond acceptors (Lipinski definition) is 3. The van der Waals surface area contributed by atoms with Crippen LogP contribution in [0.1, 0.15) is 52.9 Å². The number of hydrogen-bond donors (Lipinski definition) is 0. The Hall–Kier alpha value is -0.570. The van der Waals surface area contributed by atoms with E-state index in [1.54, 1.807) is 7.11 Å². The second kappa shape index (κ2) is 5.67. The van der Waals surface area contributed by atoms with Crippen molar-refractivity contribution in [1.82, 2.24) is 0 Å². The zero-order valence-corrected chi connectivity index (χ0v) is 10.9. The van der Waals surface area contributed by atoms with Crippen LogP contribution in [0.4, 0.5) is 0 Å². The van der Waals surface area contributed by atoms with Crippen molar-refractivity contribution < 1.29 is 14.3 Å². The van der Waals surface area contributed by atoms with Gasteiger partial charge >= 0.3 is 5.97 Å². The van der Waals surface area contributed by atoms with E-state index in [0.717, 1.165) is 32.1 Å². The highest BCUT2D eigenvalue weighted by Gasteiger charge is 2.35. The average molecular weight is 228 g/mol. The number of carbonyl (C=O) groups is 1. The molecule has 0 aromatic carbocycles. The van der Waals surface area contributed by atoms with Gasteiger partial charge in [0.1, 0.15) is 5.60 Å². The summed E-state index contributed by atoms with van der Waals surface area (Å²) in [4.78, 5) is 11.7. The minimum atomic E-state index is -0.268. The fraction of sp³-hybridized carbons (Fsp3) is 0.923. The third-order valence-electron chi connectivity index (χ3n) is 3.69. The van der Waals surface area contributed by atoms with E-state index in [2.05, 4.69) is 0 Å². The van der Waals surface area contributed by atoms with E-state index in [1.807, 2.05) is 20.8 Å². The van der Waals surface area contributed by atoms with Gasteiger partial charge in [-0.2, -0.15) is 0 Å². The third-order valence-corrected chi connectivity index (χ3v) is 3.69. The Morgan fingerprint density at radius 1 is 1.44 bits per heavy atom. The lowest BCUT2D eigenvalue weighted by atomic mass is 9.84. The molecule has 1 rings (SSSR count). The lowest BCUT2D eigenvalue weighted by Crippen LogP contribution is -2.39. The van der Waals surface area contributed by atoms with Crippen LogP contribution in [0.5, 0.6) is 0 Å². The first kappa shape index (κ1) is 13.5. The van der Waals surface area contributed by atoms with Gasteiger partial charge in [-0.25, -0.2) is 0 Å². The molecule has 3 nitrogen and oxygen atoms in total. The second-order valence-electron chi connectivity index (χ2n) is 5.12. The van der Waals surface area contributed by atoms with Gasteiger partial charge in [-0.05, 0) is 39.0 Å². The van der Waals surface area contributed by atoms with E-state index >= 15 is 0 Å². The van der Waals surface area contributed by atoms with Gasteiger partial charge in [0, 0.05) is 7.11 Å². The van der Waals surface area contributed by atoms with Gasteiger partial charge < -0.3 is 9.47 Å². The second-order valence-corrected chi connectivity index (χ2v) is 5.12. The summed E-state index contributed by atoms with van der Waals surface area (Å²) in [5, 5.41) is 0. The van der Waals surface area contributed by atoms with E-state index in [0.29, 0.717) is 6.10 Å². The normalized spacial score (nSPS) is 32.1. The van der Waals surface area contributed by atoms with E-state index in [1.165, 1.54) is 0 Å². The summed E-state index contributed by atoms with van der Waals surface area (Å²) in [6.07, 6.45) is 4.98. The van der Waals surface area contributed by atoms with Crippen LogP contribution in [0.25, 0.3) is 0 Å². The zero-order chi connectivity index (χ0) is 12.2. The Morgan fingerprint density at radius 2 is 2.00 bits per heavy atom. The molecule has 94 valence electrons. The average Bonchev–Trinajstić information content (AvgIpc) is 2.28. The Bertz CT molecular complexity index is 229. The molecule has 0 bridgehead atoms. The molecule has 1 saturated carbocycles. The van der Waals surface area contributed by atoms with Crippen molar-refractivity contribution in [2.24, 2.45) is 5.92 Å². The molecule has 0 aromatic heterocycles. The summed E-state index contributed by atoms with van der Waals surface area (Å²) < 4.78 is 10.9. The Balaban J connectivity index is 2.44. The van der Waals surface area contributed by atoms with Gasteiger partial charge in [-0.15, -0.1) is 0 Å². The Kier molecular flexibility index (Phi) is 4.78. The minimum absolute atomic E-state index is 0.0111. The molecule has 1 unspecified atom stereocenters. The number of esters is 1. The summed E-state index contributed by atoms with van der Waals surface area (Å²) in [5.74, 6) is -0.0437. The zero-order valence-electron chi connectivity index (χ0n) is 10.9. The quantitative estimate of drug-likeness (QED) is 0.694. The van der Waals surface area contributed by atoms with Gasteiger partial charge in [0.2, 0.25) is 0 Å². The van der Waals surface area contributed by atoms with Crippen molar-refractivity contribution in [3.05, 3.63) is 0 Å². The predicted octanol–water partition coefficient (Wildman–Crippen LogP) is 2.92. The van der Waals surface area contributed by atoms with Crippen LogP contribution in [-0.2, 0) is 14.3 Å². The molecular weight excluding hydrogens is 204 g/mol. The molecule has 0 amide bonds. The fourth-order valence-electron chi connectivity index (χ4n) is 2.05. The molecule has 1 fully saturated rings. The molecule has 0 radical (unpaired) electrons. The summed E-state index contributed by atoms with van der Waals surface area (Å²) in [7, 11) is 1.75. The van der Waals surface area contributed by atoms with Crippen LogP contribution in [-0.4, -0.2) is 24.8 Å². The molecule has 1 atom stereocenters. The van der Waals surface area contributed by atoms with Crippen molar-refractivity contribution in [3.8, 4) is 0 Å². The molecule has 0 heterocycles. The van der Waals surface area contributed by atoms with Crippen LogP contribution in [0.15, 0.2) is 0 Å². The van der Waals surface area contributed by atoms with Gasteiger partial charge in [-0.3, -0.25) is 4.79 Å². The van der Waals surface area contributed by atoms with Crippen molar-refractivity contribution in [2.45, 2.75) is 64.6 Å². The molecule has 1 aliphatic carbocycles.